The van der Waals surface area contributed by atoms with Gasteiger partial charge < -0.3 is 10.1 Å². The fourth-order valence-corrected chi connectivity index (χ4v) is 4.40. The summed E-state index contributed by atoms with van der Waals surface area (Å²) < 4.78 is 6.07. The van der Waals surface area contributed by atoms with E-state index in [9.17, 15) is 4.79 Å². The molecular weight excluding hydrogens is 226 g/mol. The quantitative estimate of drug-likeness (QED) is 0.818. The average Bonchev–Trinajstić information content (AvgIpc) is 2.88. The minimum Gasteiger partial charge on any atom is -0.369 e. The number of rotatable bonds is 2. The van der Waals surface area contributed by atoms with Crippen molar-refractivity contribution >= 4 is 5.78 Å². The summed E-state index contributed by atoms with van der Waals surface area (Å²) in [5, 5.41) is 3.57. The number of Topliss-reactive ketones (excluding diaryl/α,β-unsaturated/α-hetero) is 1. The summed E-state index contributed by atoms with van der Waals surface area (Å²) in [5.74, 6) is 0.759. The number of fused-ring (bicyclic) bond motifs is 2. The Hall–Kier alpha value is -0.410. The average molecular weight is 251 g/mol. The van der Waals surface area contributed by atoms with Crippen molar-refractivity contribution in [3.05, 3.63) is 0 Å². The topological polar surface area (TPSA) is 38.3 Å². The van der Waals surface area contributed by atoms with Crippen LogP contribution in [0.15, 0.2) is 0 Å². The van der Waals surface area contributed by atoms with E-state index in [-0.39, 0.29) is 23.0 Å². The van der Waals surface area contributed by atoms with Crippen LogP contribution in [-0.4, -0.2) is 29.1 Å². The summed E-state index contributed by atoms with van der Waals surface area (Å²) >= 11 is 0. The monoisotopic (exact) mass is 251 g/mol. The molecular formula is C15H25NO2. The highest BCUT2D eigenvalue weighted by Crippen LogP contribution is 2.46. The predicted octanol–water partition coefficient (Wildman–Crippen LogP) is 2.29. The van der Waals surface area contributed by atoms with E-state index in [0.29, 0.717) is 17.9 Å². The number of ether oxygens (including phenoxy) is 1. The van der Waals surface area contributed by atoms with Gasteiger partial charge in [0.25, 0.3) is 0 Å². The van der Waals surface area contributed by atoms with Crippen LogP contribution in [0.2, 0.25) is 0 Å². The van der Waals surface area contributed by atoms with Crippen LogP contribution in [0.1, 0.15) is 53.4 Å². The molecule has 18 heavy (non-hydrogen) atoms. The van der Waals surface area contributed by atoms with Gasteiger partial charge in [-0.1, -0.05) is 0 Å². The van der Waals surface area contributed by atoms with Crippen molar-refractivity contribution in [3.63, 3.8) is 0 Å². The number of ketones is 1. The highest BCUT2D eigenvalue weighted by molar-refractivity contribution is 5.86. The molecule has 1 N–H and O–H groups in total. The molecule has 3 aliphatic rings. The van der Waals surface area contributed by atoms with E-state index in [0.717, 1.165) is 12.8 Å². The fourth-order valence-electron chi connectivity index (χ4n) is 4.40. The molecule has 4 unspecified atom stereocenters. The summed E-state index contributed by atoms with van der Waals surface area (Å²) in [6, 6.07) is 1.05. The van der Waals surface area contributed by atoms with Crippen molar-refractivity contribution in [2.75, 3.05) is 0 Å². The van der Waals surface area contributed by atoms with Gasteiger partial charge in [0, 0.05) is 23.9 Å². The second-order valence-electron chi connectivity index (χ2n) is 7.51. The minimum atomic E-state index is -0.303. The molecule has 3 heterocycles. The zero-order valence-electron chi connectivity index (χ0n) is 12.0. The van der Waals surface area contributed by atoms with E-state index in [2.05, 4.69) is 33.0 Å². The van der Waals surface area contributed by atoms with Crippen LogP contribution >= 0.6 is 0 Å². The first-order valence-corrected chi connectivity index (χ1v) is 7.28. The molecule has 4 atom stereocenters. The third-order valence-electron chi connectivity index (χ3n) is 5.08. The summed E-state index contributed by atoms with van der Waals surface area (Å²) in [5.41, 5.74) is -0.461. The third kappa shape index (κ3) is 1.92. The van der Waals surface area contributed by atoms with E-state index in [4.69, 9.17) is 4.74 Å². The highest BCUT2D eigenvalue weighted by atomic mass is 16.5. The maximum absolute atomic E-state index is 12.8. The number of nitrogens with one attached hydrogen (secondary N) is 1. The minimum absolute atomic E-state index is 0.0682. The molecule has 0 aromatic carbocycles. The first-order chi connectivity index (χ1) is 8.28. The van der Waals surface area contributed by atoms with Gasteiger partial charge in [-0.25, -0.2) is 0 Å². The molecule has 0 amide bonds. The molecule has 3 saturated heterocycles. The van der Waals surface area contributed by atoms with Gasteiger partial charge in [-0.2, -0.15) is 0 Å². The van der Waals surface area contributed by atoms with Crippen LogP contribution in [0, 0.1) is 11.8 Å². The maximum atomic E-state index is 12.8. The molecule has 3 nitrogen and oxygen atoms in total. The van der Waals surface area contributed by atoms with E-state index < -0.39 is 0 Å². The largest absolute Gasteiger partial charge is 0.369 e. The lowest BCUT2D eigenvalue weighted by Gasteiger charge is -2.29. The lowest BCUT2D eigenvalue weighted by molar-refractivity contribution is -0.133. The van der Waals surface area contributed by atoms with E-state index in [1.807, 2.05) is 0 Å². The number of carbonyl (C=O) groups is 1. The smallest absolute Gasteiger partial charge is 0.143 e. The molecule has 2 bridgehead atoms. The van der Waals surface area contributed by atoms with Crippen LogP contribution in [0.3, 0.4) is 0 Å². The van der Waals surface area contributed by atoms with Crippen LogP contribution in [0.4, 0.5) is 0 Å². The van der Waals surface area contributed by atoms with Gasteiger partial charge in [-0.3, -0.25) is 4.79 Å². The maximum Gasteiger partial charge on any atom is 0.143 e. The van der Waals surface area contributed by atoms with Gasteiger partial charge in [0.2, 0.25) is 0 Å². The Morgan fingerprint density at radius 1 is 1.22 bits per heavy atom. The number of hydrogen-bond donors (Lipinski definition) is 1. The Bertz CT molecular complexity index is 375. The second-order valence-corrected chi connectivity index (χ2v) is 7.51. The standard InChI is InChI=1S/C15H25NO2/c1-14(2)8-11(15(3,4)18-14)13(17)10-7-9-5-6-12(10)16-9/h9-12,16H,5-8H2,1-4H3. The van der Waals surface area contributed by atoms with Crippen molar-refractivity contribution in [1.82, 2.24) is 5.32 Å². The summed E-state index contributed by atoms with van der Waals surface area (Å²) in [6.45, 7) is 8.35. The Kier molecular flexibility index (Phi) is 2.66. The zero-order valence-corrected chi connectivity index (χ0v) is 12.0. The molecule has 0 aromatic rings. The van der Waals surface area contributed by atoms with Crippen molar-refractivity contribution in [2.24, 2.45) is 11.8 Å². The van der Waals surface area contributed by atoms with Gasteiger partial charge in [0.05, 0.1) is 11.2 Å². The van der Waals surface area contributed by atoms with Crippen LogP contribution in [0.25, 0.3) is 0 Å². The first kappa shape index (κ1) is 12.6. The van der Waals surface area contributed by atoms with E-state index in [1.165, 1.54) is 12.8 Å². The molecule has 0 aromatic heterocycles. The molecule has 3 rings (SSSR count). The SMILES string of the molecule is CC1(C)CC(C(=O)C2CC3CCC2N3)C(C)(C)O1. The Morgan fingerprint density at radius 2 is 1.94 bits per heavy atom. The molecule has 0 radical (unpaired) electrons. The lowest BCUT2D eigenvalue weighted by Crippen LogP contribution is -2.40. The Morgan fingerprint density at radius 3 is 2.39 bits per heavy atom. The number of carbonyl (C=O) groups excluding carboxylic acids is 1. The van der Waals surface area contributed by atoms with Gasteiger partial charge in [0.15, 0.2) is 0 Å². The third-order valence-corrected chi connectivity index (χ3v) is 5.08. The summed E-state index contributed by atoms with van der Waals surface area (Å²) in [7, 11) is 0. The number of hydrogen-bond acceptors (Lipinski definition) is 3. The second kappa shape index (κ2) is 3.80. The molecule has 0 spiro atoms. The fraction of sp³-hybridized carbons (Fsp3) is 0.933. The van der Waals surface area contributed by atoms with Gasteiger partial charge >= 0.3 is 0 Å². The van der Waals surface area contributed by atoms with Gasteiger partial charge in [-0.05, 0) is 53.4 Å². The van der Waals surface area contributed by atoms with Gasteiger partial charge in [-0.15, -0.1) is 0 Å². The summed E-state index contributed by atoms with van der Waals surface area (Å²) in [6.07, 6.45) is 4.35. The van der Waals surface area contributed by atoms with Crippen LogP contribution < -0.4 is 5.32 Å². The molecule has 0 saturated carbocycles. The highest BCUT2D eigenvalue weighted by Gasteiger charge is 2.53. The van der Waals surface area contributed by atoms with E-state index in [1.54, 1.807) is 0 Å². The lowest BCUT2D eigenvalue weighted by atomic mass is 9.75. The van der Waals surface area contributed by atoms with Crippen molar-refractivity contribution < 1.29 is 9.53 Å². The molecule has 3 aliphatic heterocycles. The molecule has 3 heteroatoms. The molecule has 0 aliphatic carbocycles. The molecule has 3 fully saturated rings. The van der Waals surface area contributed by atoms with E-state index >= 15 is 0 Å². The Balaban J connectivity index is 1.77. The van der Waals surface area contributed by atoms with Crippen molar-refractivity contribution in [3.8, 4) is 0 Å². The van der Waals surface area contributed by atoms with Crippen molar-refractivity contribution in [1.29, 1.82) is 0 Å². The predicted molar refractivity (Wildman–Crippen MR) is 70.4 cm³/mol. The Labute approximate surface area is 110 Å². The van der Waals surface area contributed by atoms with Gasteiger partial charge in [0.1, 0.15) is 5.78 Å². The first-order valence-electron chi connectivity index (χ1n) is 7.28. The normalized spacial score (nSPS) is 44.4. The van der Waals surface area contributed by atoms with Crippen molar-refractivity contribution in [2.45, 2.75) is 76.7 Å². The van der Waals surface area contributed by atoms with Crippen LogP contribution in [-0.2, 0) is 9.53 Å². The summed E-state index contributed by atoms with van der Waals surface area (Å²) in [4.78, 5) is 12.8. The van der Waals surface area contributed by atoms with Crippen LogP contribution in [0.5, 0.6) is 0 Å². The zero-order chi connectivity index (χ0) is 13.1. The molecule has 102 valence electrons.